The fourth-order valence-electron chi connectivity index (χ4n) is 1.64. The van der Waals surface area contributed by atoms with Gasteiger partial charge in [-0.1, -0.05) is 12.2 Å². The van der Waals surface area contributed by atoms with Crippen LogP contribution >= 0.6 is 0 Å². The highest BCUT2D eigenvalue weighted by Crippen LogP contribution is 2.18. The van der Waals surface area contributed by atoms with Crippen molar-refractivity contribution in [3.8, 4) is 0 Å². The second kappa shape index (κ2) is 5.12. The lowest BCUT2D eigenvalue weighted by Gasteiger charge is -2.22. The smallest absolute Gasteiger partial charge is 0.306 e. The Morgan fingerprint density at radius 1 is 1.44 bits per heavy atom. The third kappa shape index (κ3) is 4.02. The summed E-state index contributed by atoms with van der Waals surface area (Å²) in [5.74, 6) is -1.28. The molecule has 1 atom stereocenters. The van der Waals surface area contributed by atoms with Gasteiger partial charge in [-0.05, 0) is 19.8 Å². The van der Waals surface area contributed by atoms with Crippen LogP contribution in [0, 0.1) is 5.92 Å². The number of aliphatic hydroxyl groups is 1. The highest BCUT2D eigenvalue weighted by Gasteiger charge is 2.26. The molecule has 0 saturated carbocycles. The Kier molecular flexibility index (Phi) is 4.06. The van der Waals surface area contributed by atoms with E-state index in [1.165, 1.54) is 6.92 Å². The minimum atomic E-state index is -1.40. The molecule has 5 nitrogen and oxygen atoms in total. The van der Waals surface area contributed by atoms with Gasteiger partial charge in [0, 0.05) is 12.5 Å². The van der Waals surface area contributed by atoms with Crippen LogP contribution in [0.1, 0.15) is 26.2 Å². The Labute approximate surface area is 94.2 Å². The van der Waals surface area contributed by atoms with Crippen LogP contribution < -0.4 is 5.32 Å². The average molecular weight is 227 g/mol. The van der Waals surface area contributed by atoms with Crippen molar-refractivity contribution in [3.63, 3.8) is 0 Å². The van der Waals surface area contributed by atoms with Crippen molar-refractivity contribution in [1.29, 1.82) is 0 Å². The lowest BCUT2D eigenvalue weighted by molar-refractivity contribution is -0.142. The van der Waals surface area contributed by atoms with Gasteiger partial charge in [-0.2, -0.15) is 0 Å². The first-order valence-corrected chi connectivity index (χ1v) is 5.27. The molecule has 16 heavy (non-hydrogen) atoms. The van der Waals surface area contributed by atoms with Crippen LogP contribution in [0.2, 0.25) is 0 Å². The molecule has 5 heteroatoms. The van der Waals surface area contributed by atoms with Gasteiger partial charge in [-0.15, -0.1) is 0 Å². The molecule has 0 saturated heterocycles. The van der Waals surface area contributed by atoms with E-state index in [9.17, 15) is 14.7 Å². The fraction of sp³-hybridized carbons (Fsp3) is 0.636. The average Bonchev–Trinajstić information content (AvgIpc) is 2.64. The van der Waals surface area contributed by atoms with Crippen molar-refractivity contribution in [2.75, 3.05) is 6.54 Å². The summed E-state index contributed by atoms with van der Waals surface area (Å²) in [5.41, 5.74) is -1.40. The maximum atomic E-state index is 11.6. The molecule has 0 aliphatic heterocycles. The zero-order valence-corrected chi connectivity index (χ0v) is 9.27. The highest BCUT2D eigenvalue weighted by molar-refractivity contribution is 5.79. The van der Waals surface area contributed by atoms with E-state index in [1.807, 2.05) is 12.2 Å². The van der Waals surface area contributed by atoms with Gasteiger partial charge < -0.3 is 15.5 Å². The van der Waals surface area contributed by atoms with E-state index in [2.05, 4.69) is 5.32 Å². The molecule has 0 aromatic rings. The monoisotopic (exact) mass is 227 g/mol. The topological polar surface area (TPSA) is 86.6 Å². The Hall–Kier alpha value is -1.36. The molecule has 1 unspecified atom stereocenters. The van der Waals surface area contributed by atoms with Gasteiger partial charge in [0.15, 0.2) is 0 Å². The molecule has 0 spiro atoms. The minimum absolute atomic E-state index is 0.0331. The van der Waals surface area contributed by atoms with Crippen LogP contribution in [0.5, 0.6) is 0 Å². The van der Waals surface area contributed by atoms with Gasteiger partial charge in [0.2, 0.25) is 5.91 Å². The molecule has 0 aromatic heterocycles. The zero-order valence-electron chi connectivity index (χ0n) is 9.27. The number of amides is 1. The van der Waals surface area contributed by atoms with Gasteiger partial charge in [-0.25, -0.2) is 0 Å². The fourth-order valence-corrected chi connectivity index (χ4v) is 1.64. The van der Waals surface area contributed by atoms with Gasteiger partial charge in [0.25, 0.3) is 0 Å². The third-order valence-corrected chi connectivity index (χ3v) is 2.55. The Bertz CT molecular complexity index is 301. The lowest BCUT2D eigenvalue weighted by atomic mass is 10.0. The Balaban J connectivity index is 2.32. The number of allylic oxidation sites excluding steroid dienone is 2. The number of carboxylic acids is 1. The first-order valence-electron chi connectivity index (χ1n) is 5.27. The summed E-state index contributed by atoms with van der Waals surface area (Å²) in [7, 11) is 0. The van der Waals surface area contributed by atoms with Gasteiger partial charge in [0.1, 0.15) is 0 Å². The summed E-state index contributed by atoms with van der Waals surface area (Å²) in [4.78, 5) is 22.0. The van der Waals surface area contributed by atoms with E-state index in [1.54, 1.807) is 0 Å². The number of carboxylic acid groups (broad SMARTS) is 1. The normalized spacial score (nSPS) is 19.4. The number of aliphatic carboxylic acids is 1. The van der Waals surface area contributed by atoms with Crippen molar-refractivity contribution in [2.24, 2.45) is 5.92 Å². The van der Waals surface area contributed by atoms with Crippen LogP contribution in [0.25, 0.3) is 0 Å². The largest absolute Gasteiger partial charge is 0.481 e. The van der Waals surface area contributed by atoms with Gasteiger partial charge >= 0.3 is 5.97 Å². The number of hydrogen-bond acceptors (Lipinski definition) is 3. The predicted octanol–water partition coefficient (Wildman–Crippen LogP) is 0.295. The van der Waals surface area contributed by atoms with E-state index >= 15 is 0 Å². The molecule has 0 aromatic carbocycles. The molecule has 0 fully saturated rings. The molecule has 90 valence electrons. The van der Waals surface area contributed by atoms with Crippen molar-refractivity contribution in [3.05, 3.63) is 12.2 Å². The molecule has 1 amide bonds. The van der Waals surface area contributed by atoms with E-state index in [0.717, 1.165) is 0 Å². The summed E-state index contributed by atoms with van der Waals surface area (Å²) in [6, 6.07) is 0. The minimum Gasteiger partial charge on any atom is -0.481 e. The van der Waals surface area contributed by atoms with Gasteiger partial charge in [0.05, 0.1) is 12.0 Å². The van der Waals surface area contributed by atoms with Crippen molar-refractivity contribution in [2.45, 2.75) is 31.8 Å². The standard InChI is InChI=1S/C11H17NO4/c1-11(16,6-9(13)14)7-12-10(15)8-4-2-3-5-8/h2-3,8,16H,4-7H2,1H3,(H,12,15)(H,13,14). The van der Waals surface area contributed by atoms with Crippen LogP contribution in [0.15, 0.2) is 12.2 Å². The van der Waals surface area contributed by atoms with Crippen molar-refractivity contribution >= 4 is 11.9 Å². The summed E-state index contributed by atoms with van der Waals surface area (Å²) in [6.07, 6.45) is 4.94. The summed E-state index contributed by atoms with van der Waals surface area (Å²) >= 11 is 0. The van der Waals surface area contributed by atoms with E-state index in [4.69, 9.17) is 5.11 Å². The Morgan fingerprint density at radius 3 is 2.50 bits per heavy atom. The molecule has 1 aliphatic carbocycles. The molecular weight excluding hydrogens is 210 g/mol. The van der Waals surface area contributed by atoms with Crippen molar-refractivity contribution in [1.82, 2.24) is 5.32 Å². The molecule has 1 rings (SSSR count). The first kappa shape index (κ1) is 12.7. The van der Waals surface area contributed by atoms with Crippen LogP contribution in [-0.4, -0.2) is 34.2 Å². The number of carbonyl (C=O) groups excluding carboxylic acids is 1. The van der Waals surface area contributed by atoms with Crippen molar-refractivity contribution < 1.29 is 19.8 Å². The number of carbonyl (C=O) groups is 2. The summed E-state index contributed by atoms with van der Waals surface area (Å²) in [6.45, 7) is 1.36. The number of hydrogen-bond donors (Lipinski definition) is 3. The SMILES string of the molecule is CC(O)(CNC(=O)C1CC=CC1)CC(=O)O. The van der Waals surface area contributed by atoms with Crippen LogP contribution in [0.3, 0.4) is 0 Å². The molecule has 0 bridgehead atoms. The molecule has 3 N–H and O–H groups in total. The molecule has 0 heterocycles. The highest BCUT2D eigenvalue weighted by atomic mass is 16.4. The molecule has 1 aliphatic rings. The zero-order chi connectivity index (χ0) is 12.2. The summed E-state index contributed by atoms with van der Waals surface area (Å²) in [5, 5.41) is 20.8. The van der Waals surface area contributed by atoms with E-state index in [-0.39, 0.29) is 24.8 Å². The van der Waals surface area contributed by atoms with Crippen LogP contribution in [-0.2, 0) is 9.59 Å². The predicted molar refractivity (Wildman–Crippen MR) is 57.8 cm³/mol. The first-order chi connectivity index (χ1) is 7.41. The van der Waals surface area contributed by atoms with Crippen LogP contribution in [0.4, 0.5) is 0 Å². The summed E-state index contributed by atoms with van der Waals surface area (Å²) < 4.78 is 0. The lowest BCUT2D eigenvalue weighted by Crippen LogP contribution is -2.43. The van der Waals surface area contributed by atoms with E-state index in [0.29, 0.717) is 12.8 Å². The molecular formula is C11H17NO4. The second-order valence-electron chi connectivity index (χ2n) is 4.42. The Morgan fingerprint density at radius 2 is 2.00 bits per heavy atom. The van der Waals surface area contributed by atoms with Gasteiger partial charge in [-0.3, -0.25) is 9.59 Å². The molecule has 0 radical (unpaired) electrons. The second-order valence-corrected chi connectivity index (χ2v) is 4.42. The maximum Gasteiger partial charge on any atom is 0.306 e. The third-order valence-electron chi connectivity index (χ3n) is 2.55. The number of rotatable bonds is 5. The quantitative estimate of drug-likeness (QED) is 0.589. The maximum absolute atomic E-state index is 11.6. The number of nitrogens with one attached hydrogen (secondary N) is 1. The van der Waals surface area contributed by atoms with E-state index < -0.39 is 11.6 Å².